The van der Waals surface area contributed by atoms with Crippen molar-refractivity contribution >= 4 is 40.6 Å². The normalized spacial score (nSPS) is 9.91. The fourth-order valence-electron chi connectivity index (χ4n) is 1.72. The molecule has 0 aromatic heterocycles. The summed E-state index contributed by atoms with van der Waals surface area (Å²) in [5.74, 6) is -1.73. The second-order valence-corrected chi connectivity index (χ2v) is 4.93. The Morgan fingerprint density at radius 1 is 0.864 bits per heavy atom. The molecule has 0 radical (unpaired) electrons. The lowest BCUT2D eigenvalue weighted by molar-refractivity contribution is -0.132. The number of anilines is 2. The summed E-state index contributed by atoms with van der Waals surface area (Å²) in [5, 5.41) is 5.21. The standard InChI is InChI=1S/C16H13ClN2O3/c1-10(20)11-6-8-12(9-7-11)18-15(21)16(22)19-14-5-3-2-4-13(14)17/h2-9H,1H3,(H,18,21)(H,19,22). The van der Waals surface area contributed by atoms with Crippen molar-refractivity contribution in [3.05, 3.63) is 59.1 Å². The number of nitrogens with one attached hydrogen (secondary N) is 2. The van der Waals surface area contributed by atoms with Gasteiger partial charge in [-0.2, -0.15) is 0 Å². The number of rotatable bonds is 3. The van der Waals surface area contributed by atoms with Gasteiger partial charge in [-0.05, 0) is 43.3 Å². The van der Waals surface area contributed by atoms with Crippen molar-refractivity contribution in [2.75, 3.05) is 10.6 Å². The predicted octanol–water partition coefficient (Wildman–Crippen LogP) is 3.12. The molecule has 6 heteroatoms. The summed E-state index contributed by atoms with van der Waals surface area (Å²) in [7, 11) is 0. The van der Waals surface area contributed by atoms with E-state index in [2.05, 4.69) is 10.6 Å². The summed E-state index contributed by atoms with van der Waals surface area (Å²) in [5.41, 5.74) is 1.30. The summed E-state index contributed by atoms with van der Waals surface area (Å²) in [4.78, 5) is 34.8. The van der Waals surface area contributed by atoms with Crippen molar-refractivity contribution in [1.82, 2.24) is 0 Å². The van der Waals surface area contributed by atoms with Crippen molar-refractivity contribution < 1.29 is 14.4 Å². The first-order valence-electron chi connectivity index (χ1n) is 6.45. The van der Waals surface area contributed by atoms with Gasteiger partial charge < -0.3 is 10.6 Å². The van der Waals surface area contributed by atoms with Crippen LogP contribution in [0.4, 0.5) is 11.4 Å². The van der Waals surface area contributed by atoms with Gasteiger partial charge in [0.25, 0.3) is 0 Å². The lowest BCUT2D eigenvalue weighted by Gasteiger charge is -2.08. The Bertz CT molecular complexity index is 726. The highest BCUT2D eigenvalue weighted by Gasteiger charge is 2.15. The first-order valence-corrected chi connectivity index (χ1v) is 6.83. The molecule has 0 fully saturated rings. The number of carbonyl (C=O) groups is 3. The first kappa shape index (κ1) is 15.7. The average molecular weight is 317 g/mol. The molecule has 2 aromatic rings. The first-order chi connectivity index (χ1) is 10.5. The third-order valence-electron chi connectivity index (χ3n) is 2.88. The highest BCUT2D eigenvalue weighted by molar-refractivity contribution is 6.44. The van der Waals surface area contributed by atoms with Crippen LogP contribution in [0.1, 0.15) is 17.3 Å². The number of hydrogen-bond acceptors (Lipinski definition) is 3. The number of Topliss-reactive ketones (excluding diaryl/α,β-unsaturated/α-hetero) is 1. The molecule has 0 atom stereocenters. The second kappa shape index (κ2) is 6.87. The van der Waals surface area contributed by atoms with E-state index in [1.807, 2.05) is 0 Å². The highest BCUT2D eigenvalue weighted by Crippen LogP contribution is 2.20. The lowest BCUT2D eigenvalue weighted by atomic mass is 10.1. The van der Waals surface area contributed by atoms with Crippen LogP contribution in [0.3, 0.4) is 0 Å². The molecule has 5 nitrogen and oxygen atoms in total. The molecule has 0 saturated carbocycles. The van der Waals surface area contributed by atoms with Crippen LogP contribution >= 0.6 is 11.6 Å². The van der Waals surface area contributed by atoms with Crippen molar-refractivity contribution in [3.8, 4) is 0 Å². The van der Waals surface area contributed by atoms with Gasteiger partial charge in [0.2, 0.25) is 0 Å². The highest BCUT2D eigenvalue weighted by atomic mass is 35.5. The molecule has 0 aliphatic heterocycles. The monoisotopic (exact) mass is 316 g/mol. The molecule has 0 aliphatic rings. The van der Waals surface area contributed by atoms with E-state index in [1.54, 1.807) is 48.5 Å². The largest absolute Gasteiger partial charge is 0.318 e. The maximum atomic E-state index is 11.8. The molecule has 2 aromatic carbocycles. The molecule has 0 saturated heterocycles. The smallest absolute Gasteiger partial charge is 0.314 e. The third kappa shape index (κ3) is 3.93. The number of para-hydroxylation sites is 1. The van der Waals surface area contributed by atoms with E-state index in [0.717, 1.165) is 0 Å². The number of ketones is 1. The van der Waals surface area contributed by atoms with E-state index < -0.39 is 11.8 Å². The van der Waals surface area contributed by atoms with Crippen molar-refractivity contribution in [2.45, 2.75) is 6.92 Å². The summed E-state index contributed by atoms with van der Waals surface area (Å²) in [6.07, 6.45) is 0. The Labute approximate surface area is 132 Å². The zero-order chi connectivity index (χ0) is 16.1. The van der Waals surface area contributed by atoms with Gasteiger partial charge in [-0.15, -0.1) is 0 Å². The second-order valence-electron chi connectivity index (χ2n) is 4.52. The van der Waals surface area contributed by atoms with E-state index in [4.69, 9.17) is 11.6 Å². The Hall–Kier alpha value is -2.66. The average Bonchev–Trinajstić information content (AvgIpc) is 2.50. The summed E-state index contributed by atoms with van der Waals surface area (Å²) < 4.78 is 0. The predicted molar refractivity (Wildman–Crippen MR) is 85.2 cm³/mol. The van der Waals surface area contributed by atoms with Crippen LogP contribution in [-0.2, 0) is 9.59 Å². The van der Waals surface area contributed by atoms with Gasteiger partial charge in [0.05, 0.1) is 10.7 Å². The summed E-state index contributed by atoms with van der Waals surface area (Å²) in [6, 6.07) is 12.9. The van der Waals surface area contributed by atoms with E-state index >= 15 is 0 Å². The van der Waals surface area contributed by atoms with Crippen LogP contribution in [0, 0.1) is 0 Å². The quantitative estimate of drug-likeness (QED) is 0.675. The van der Waals surface area contributed by atoms with Gasteiger partial charge in [0.1, 0.15) is 0 Å². The Morgan fingerprint density at radius 3 is 2.05 bits per heavy atom. The van der Waals surface area contributed by atoms with Gasteiger partial charge in [0.15, 0.2) is 5.78 Å². The van der Waals surface area contributed by atoms with Crippen molar-refractivity contribution in [3.63, 3.8) is 0 Å². The number of amides is 2. The Balaban J connectivity index is 2.01. The third-order valence-corrected chi connectivity index (χ3v) is 3.21. The fraction of sp³-hybridized carbons (Fsp3) is 0.0625. The Morgan fingerprint density at radius 2 is 1.45 bits per heavy atom. The minimum atomic E-state index is -0.830. The summed E-state index contributed by atoms with van der Waals surface area (Å²) in [6.45, 7) is 1.45. The van der Waals surface area contributed by atoms with Gasteiger partial charge in [-0.1, -0.05) is 23.7 Å². The molecule has 0 aliphatic carbocycles. The Kier molecular flexibility index (Phi) is 4.91. The zero-order valence-electron chi connectivity index (χ0n) is 11.7. The van der Waals surface area contributed by atoms with Gasteiger partial charge in [-0.3, -0.25) is 14.4 Å². The fourth-order valence-corrected chi connectivity index (χ4v) is 1.90. The van der Waals surface area contributed by atoms with Crippen LogP contribution in [0.15, 0.2) is 48.5 Å². The zero-order valence-corrected chi connectivity index (χ0v) is 12.5. The lowest BCUT2D eigenvalue weighted by Crippen LogP contribution is -2.29. The number of halogens is 1. The van der Waals surface area contributed by atoms with Gasteiger partial charge in [0, 0.05) is 11.3 Å². The van der Waals surface area contributed by atoms with Gasteiger partial charge >= 0.3 is 11.8 Å². The van der Waals surface area contributed by atoms with Crippen LogP contribution in [0.5, 0.6) is 0 Å². The van der Waals surface area contributed by atoms with E-state index in [1.165, 1.54) is 6.92 Å². The van der Waals surface area contributed by atoms with Gasteiger partial charge in [-0.25, -0.2) is 0 Å². The summed E-state index contributed by atoms with van der Waals surface area (Å²) >= 11 is 5.90. The number of benzene rings is 2. The number of hydrogen-bond donors (Lipinski definition) is 2. The molecule has 22 heavy (non-hydrogen) atoms. The number of carbonyl (C=O) groups excluding carboxylic acids is 3. The minimum Gasteiger partial charge on any atom is -0.318 e. The van der Waals surface area contributed by atoms with E-state index in [0.29, 0.717) is 22.0 Å². The van der Waals surface area contributed by atoms with Crippen LogP contribution in [0.2, 0.25) is 5.02 Å². The molecule has 2 rings (SSSR count). The molecular weight excluding hydrogens is 304 g/mol. The van der Waals surface area contributed by atoms with Crippen LogP contribution in [0.25, 0.3) is 0 Å². The molecular formula is C16H13ClN2O3. The molecule has 112 valence electrons. The van der Waals surface area contributed by atoms with E-state index in [9.17, 15) is 14.4 Å². The molecule has 2 amide bonds. The maximum Gasteiger partial charge on any atom is 0.314 e. The maximum absolute atomic E-state index is 11.8. The van der Waals surface area contributed by atoms with Crippen LogP contribution < -0.4 is 10.6 Å². The molecule has 0 unspecified atom stereocenters. The van der Waals surface area contributed by atoms with Crippen LogP contribution in [-0.4, -0.2) is 17.6 Å². The van der Waals surface area contributed by atoms with E-state index in [-0.39, 0.29) is 5.78 Å². The molecule has 0 heterocycles. The molecule has 0 bridgehead atoms. The van der Waals surface area contributed by atoms with Crippen molar-refractivity contribution in [2.24, 2.45) is 0 Å². The topological polar surface area (TPSA) is 75.3 Å². The molecule has 2 N–H and O–H groups in total. The minimum absolute atomic E-state index is 0.0747. The SMILES string of the molecule is CC(=O)c1ccc(NC(=O)C(=O)Nc2ccccc2Cl)cc1. The van der Waals surface area contributed by atoms with Crippen molar-refractivity contribution in [1.29, 1.82) is 0 Å². The molecule has 0 spiro atoms.